The second kappa shape index (κ2) is 8.68. The van der Waals surface area contributed by atoms with E-state index in [0.717, 1.165) is 6.42 Å². The van der Waals surface area contributed by atoms with Gasteiger partial charge in [0, 0.05) is 5.56 Å². The predicted octanol–water partition coefficient (Wildman–Crippen LogP) is 3.31. The van der Waals surface area contributed by atoms with Crippen LogP contribution in [0.2, 0.25) is 0 Å². The summed E-state index contributed by atoms with van der Waals surface area (Å²) in [5.41, 5.74) is 1.71. The van der Waals surface area contributed by atoms with Crippen molar-refractivity contribution >= 4 is 28.8 Å². The number of esters is 1. The zero-order chi connectivity index (χ0) is 20.3. The summed E-state index contributed by atoms with van der Waals surface area (Å²) in [6.45, 7) is 4.02. The summed E-state index contributed by atoms with van der Waals surface area (Å²) in [5, 5.41) is 0.608. The topological polar surface area (TPSA) is 77.4 Å². The molecule has 0 bridgehead atoms. The smallest absolute Gasteiger partial charge is 0.338 e. The first-order valence-electron chi connectivity index (χ1n) is 9.21. The number of carbonyl (C=O) groups is 2. The molecule has 0 N–H and O–H groups in total. The molecule has 1 atom stereocenters. The highest BCUT2D eigenvalue weighted by Crippen LogP contribution is 2.45. The molecule has 1 fully saturated rings. The van der Waals surface area contributed by atoms with Crippen LogP contribution >= 0.6 is 11.8 Å². The predicted molar refractivity (Wildman–Crippen MR) is 108 cm³/mol. The van der Waals surface area contributed by atoms with Crippen LogP contribution in [0.5, 0.6) is 11.5 Å². The fraction of sp³-hybridized carbons (Fsp3) is 0.450. The third-order valence-electron chi connectivity index (χ3n) is 4.59. The Morgan fingerprint density at radius 3 is 2.71 bits per heavy atom. The molecule has 1 aromatic carbocycles. The fourth-order valence-electron chi connectivity index (χ4n) is 3.39. The Morgan fingerprint density at radius 1 is 1.29 bits per heavy atom. The largest absolute Gasteiger partial charge is 0.497 e. The van der Waals surface area contributed by atoms with Gasteiger partial charge in [0.15, 0.2) is 5.17 Å². The summed E-state index contributed by atoms with van der Waals surface area (Å²) in [6.07, 6.45) is 1.43. The fourth-order valence-corrected chi connectivity index (χ4v) is 4.30. The second-order valence-electron chi connectivity index (χ2n) is 6.29. The lowest BCUT2D eigenvalue weighted by atomic mass is 9.92. The van der Waals surface area contributed by atoms with Crippen molar-refractivity contribution in [2.45, 2.75) is 32.7 Å². The number of rotatable bonds is 7. The molecular weight excluding hydrogens is 380 g/mol. The quantitative estimate of drug-likeness (QED) is 0.649. The van der Waals surface area contributed by atoms with E-state index in [2.05, 4.69) is 4.99 Å². The highest BCUT2D eigenvalue weighted by molar-refractivity contribution is 8.15. The molecule has 8 heteroatoms. The molecule has 0 spiro atoms. The van der Waals surface area contributed by atoms with E-state index in [1.807, 2.05) is 6.92 Å². The molecule has 0 aromatic heterocycles. The van der Waals surface area contributed by atoms with Crippen LogP contribution < -0.4 is 9.47 Å². The lowest BCUT2D eigenvalue weighted by Crippen LogP contribution is -2.40. The highest BCUT2D eigenvalue weighted by Gasteiger charge is 2.45. The molecule has 2 heterocycles. The monoisotopic (exact) mass is 404 g/mol. The van der Waals surface area contributed by atoms with Crippen LogP contribution in [-0.2, 0) is 14.3 Å². The zero-order valence-corrected chi connectivity index (χ0v) is 17.3. The van der Waals surface area contributed by atoms with Gasteiger partial charge >= 0.3 is 5.97 Å². The molecule has 2 aliphatic heterocycles. The van der Waals surface area contributed by atoms with Gasteiger partial charge in [-0.25, -0.2) is 9.79 Å². The van der Waals surface area contributed by atoms with Gasteiger partial charge in [0.25, 0.3) is 0 Å². The molecule has 0 unspecified atom stereocenters. The Hall–Kier alpha value is -2.48. The van der Waals surface area contributed by atoms with Crippen molar-refractivity contribution in [2.75, 3.05) is 26.6 Å². The van der Waals surface area contributed by atoms with E-state index in [-0.39, 0.29) is 18.3 Å². The Kier molecular flexibility index (Phi) is 6.28. The van der Waals surface area contributed by atoms with Crippen molar-refractivity contribution in [3.8, 4) is 11.5 Å². The van der Waals surface area contributed by atoms with Crippen LogP contribution in [0.4, 0.5) is 0 Å². The summed E-state index contributed by atoms with van der Waals surface area (Å²) in [4.78, 5) is 31.9. The molecule has 7 nitrogen and oxygen atoms in total. The van der Waals surface area contributed by atoms with E-state index < -0.39 is 12.0 Å². The standard InChI is InChI=1S/C20H24N2O5S/c1-5-7-14-17(19(24)27-6-2)18(22-16(23)11-28-20(22)21-14)13-10-12(25-3)8-9-15(13)26-4/h8-10,18H,5-7,11H2,1-4H3/t18-/m0/s1. The van der Waals surface area contributed by atoms with Gasteiger partial charge in [-0.05, 0) is 31.5 Å². The van der Waals surface area contributed by atoms with Crippen molar-refractivity contribution in [1.29, 1.82) is 0 Å². The summed E-state index contributed by atoms with van der Waals surface area (Å²) in [5.74, 6) is 0.898. The number of methoxy groups -OCH3 is 2. The van der Waals surface area contributed by atoms with E-state index in [0.29, 0.717) is 39.9 Å². The van der Waals surface area contributed by atoms with Gasteiger partial charge in [-0.2, -0.15) is 0 Å². The molecule has 0 saturated carbocycles. The maximum absolute atomic E-state index is 13.0. The molecule has 1 aromatic rings. The Morgan fingerprint density at radius 2 is 2.07 bits per heavy atom. The molecule has 0 aliphatic carbocycles. The number of hydrogen-bond donors (Lipinski definition) is 0. The van der Waals surface area contributed by atoms with E-state index in [9.17, 15) is 9.59 Å². The van der Waals surface area contributed by atoms with Crippen LogP contribution in [-0.4, -0.2) is 48.5 Å². The van der Waals surface area contributed by atoms with Crippen LogP contribution in [0, 0.1) is 0 Å². The number of amidine groups is 1. The molecule has 28 heavy (non-hydrogen) atoms. The van der Waals surface area contributed by atoms with Crippen molar-refractivity contribution in [3.05, 3.63) is 35.0 Å². The molecule has 1 amide bonds. The number of nitrogens with zero attached hydrogens (tertiary/aromatic N) is 2. The summed E-state index contributed by atoms with van der Waals surface area (Å²) < 4.78 is 16.3. The zero-order valence-electron chi connectivity index (χ0n) is 16.5. The first-order valence-corrected chi connectivity index (χ1v) is 10.2. The SMILES string of the molecule is CCCC1=C(C(=O)OCC)[C@H](c2cc(OC)ccc2OC)N2C(=O)CSC2=N1. The van der Waals surface area contributed by atoms with Crippen molar-refractivity contribution in [1.82, 2.24) is 4.90 Å². The van der Waals surface area contributed by atoms with Gasteiger partial charge in [-0.3, -0.25) is 9.69 Å². The average molecular weight is 404 g/mol. The Bertz CT molecular complexity index is 849. The van der Waals surface area contributed by atoms with Crippen LogP contribution in [0.3, 0.4) is 0 Å². The van der Waals surface area contributed by atoms with E-state index in [1.54, 1.807) is 44.2 Å². The minimum absolute atomic E-state index is 0.101. The van der Waals surface area contributed by atoms with Gasteiger partial charge in [-0.1, -0.05) is 25.1 Å². The number of thioether (sulfide) groups is 1. The number of fused-ring (bicyclic) bond motifs is 1. The molecule has 2 aliphatic rings. The van der Waals surface area contributed by atoms with Crippen molar-refractivity contribution < 1.29 is 23.8 Å². The van der Waals surface area contributed by atoms with Crippen LogP contribution in [0.15, 0.2) is 34.5 Å². The molecular formula is C20H24N2O5S. The van der Waals surface area contributed by atoms with Gasteiger partial charge < -0.3 is 14.2 Å². The summed E-state index contributed by atoms with van der Waals surface area (Å²) in [7, 11) is 3.13. The number of benzene rings is 1. The number of carbonyl (C=O) groups excluding carboxylic acids is 2. The normalized spacial score (nSPS) is 18.7. The maximum Gasteiger partial charge on any atom is 0.338 e. The van der Waals surface area contributed by atoms with Crippen LogP contribution in [0.25, 0.3) is 0 Å². The molecule has 1 saturated heterocycles. The van der Waals surface area contributed by atoms with Gasteiger partial charge in [-0.15, -0.1) is 0 Å². The van der Waals surface area contributed by atoms with Crippen LogP contribution in [0.1, 0.15) is 38.3 Å². The lowest BCUT2D eigenvalue weighted by Gasteiger charge is -2.34. The molecule has 0 radical (unpaired) electrons. The highest BCUT2D eigenvalue weighted by atomic mass is 32.2. The van der Waals surface area contributed by atoms with Gasteiger partial charge in [0.2, 0.25) is 5.91 Å². The van der Waals surface area contributed by atoms with E-state index in [1.165, 1.54) is 11.8 Å². The Balaban J connectivity index is 2.25. The number of aliphatic imine (C=N–C) groups is 1. The summed E-state index contributed by atoms with van der Waals surface area (Å²) in [6, 6.07) is 4.68. The number of hydrogen-bond acceptors (Lipinski definition) is 7. The number of allylic oxidation sites excluding steroid dienone is 1. The van der Waals surface area contributed by atoms with Crippen molar-refractivity contribution in [2.24, 2.45) is 4.99 Å². The summed E-state index contributed by atoms with van der Waals surface area (Å²) >= 11 is 1.38. The van der Waals surface area contributed by atoms with E-state index in [4.69, 9.17) is 14.2 Å². The van der Waals surface area contributed by atoms with Crippen molar-refractivity contribution in [3.63, 3.8) is 0 Å². The molecule has 150 valence electrons. The third kappa shape index (κ3) is 3.61. The Labute approximate surface area is 168 Å². The minimum Gasteiger partial charge on any atom is -0.497 e. The van der Waals surface area contributed by atoms with Gasteiger partial charge in [0.05, 0.1) is 37.8 Å². The average Bonchev–Trinajstić information content (AvgIpc) is 3.07. The molecule has 3 rings (SSSR count). The first-order chi connectivity index (χ1) is 13.5. The third-order valence-corrected chi connectivity index (χ3v) is 5.52. The van der Waals surface area contributed by atoms with E-state index >= 15 is 0 Å². The number of amides is 1. The van der Waals surface area contributed by atoms with Gasteiger partial charge in [0.1, 0.15) is 17.5 Å². The minimum atomic E-state index is -0.666. The maximum atomic E-state index is 13.0. The lowest BCUT2D eigenvalue weighted by molar-refractivity contribution is -0.139. The second-order valence-corrected chi connectivity index (χ2v) is 7.23. The number of ether oxygens (including phenoxy) is 3. The first kappa shape index (κ1) is 20.3.